The van der Waals surface area contributed by atoms with Crippen molar-refractivity contribution in [3.05, 3.63) is 75.5 Å². The average Bonchev–Trinajstić information content (AvgIpc) is 3.43. The average molecular weight is 547 g/mol. The summed E-state index contributed by atoms with van der Waals surface area (Å²) in [6.07, 6.45) is 1.23. The minimum Gasteiger partial charge on any atom is -0.480 e. The van der Waals surface area contributed by atoms with Crippen molar-refractivity contribution in [2.24, 2.45) is 0 Å². The maximum atomic E-state index is 14.6. The number of aromatic nitrogens is 6. The second kappa shape index (κ2) is 11.2. The van der Waals surface area contributed by atoms with E-state index in [0.29, 0.717) is 5.69 Å². The maximum Gasteiger partial charge on any atom is 0.268 e. The van der Waals surface area contributed by atoms with Gasteiger partial charge in [0.05, 0.1) is 28.0 Å². The van der Waals surface area contributed by atoms with Gasteiger partial charge in [0.25, 0.3) is 11.5 Å². The Morgan fingerprint density at radius 3 is 2.74 bits per heavy atom. The number of carbonyl (C=O) groups is 2. The van der Waals surface area contributed by atoms with Crippen LogP contribution in [0.3, 0.4) is 0 Å². The van der Waals surface area contributed by atoms with Crippen molar-refractivity contribution in [3.63, 3.8) is 0 Å². The lowest BCUT2D eigenvalue weighted by molar-refractivity contribution is -0.119. The van der Waals surface area contributed by atoms with E-state index in [-0.39, 0.29) is 28.3 Å². The van der Waals surface area contributed by atoms with Crippen molar-refractivity contribution in [2.75, 3.05) is 19.3 Å². The molecule has 2 aromatic carbocycles. The molecule has 38 heavy (non-hydrogen) atoms. The molecule has 2 N–H and O–H groups in total. The fourth-order valence-corrected chi connectivity index (χ4v) is 3.85. The second-order valence-electron chi connectivity index (χ2n) is 7.73. The summed E-state index contributed by atoms with van der Waals surface area (Å²) in [7, 11) is -3.02. The molecule has 0 radical (unpaired) electrons. The number of methoxy groups -OCH3 is 1. The van der Waals surface area contributed by atoms with E-state index in [1.165, 1.54) is 29.2 Å². The summed E-state index contributed by atoms with van der Waals surface area (Å²) in [5, 5.41) is 19.3. The lowest BCUT2D eigenvalue weighted by Crippen LogP contribution is -2.35. The third-order valence-electron chi connectivity index (χ3n) is 5.44. The Bertz CT molecular complexity index is 1770. The number of tetrazole rings is 1. The molecule has 2 aromatic heterocycles. The second-order valence-corrected chi connectivity index (χ2v) is 8.16. The number of nitrogens with zero attached hydrogens (tertiary/aromatic N) is 6. The molecule has 0 unspecified atom stereocenters. The van der Waals surface area contributed by atoms with Gasteiger partial charge in [-0.1, -0.05) is 18.5 Å². The smallest absolute Gasteiger partial charge is 0.268 e. The van der Waals surface area contributed by atoms with Crippen LogP contribution in [0.4, 0.5) is 10.1 Å². The molecule has 4 rings (SSSR count). The number of halogens is 2. The van der Waals surface area contributed by atoms with Crippen LogP contribution in [0.15, 0.2) is 53.6 Å². The lowest BCUT2D eigenvalue weighted by atomic mass is 10.1. The van der Waals surface area contributed by atoms with Gasteiger partial charge in [-0.3, -0.25) is 14.4 Å². The monoisotopic (exact) mass is 546 g/mol. The molecule has 0 aliphatic heterocycles. The first-order valence-electron chi connectivity index (χ1n) is 13.9. The van der Waals surface area contributed by atoms with E-state index in [1.54, 1.807) is 12.2 Å². The highest BCUT2D eigenvalue weighted by atomic mass is 35.5. The van der Waals surface area contributed by atoms with E-state index in [1.807, 2.05) is 0 Å². The zero-order chi connectivity index (χ0) is 32.4. The van der Waals surface area contributed by atoms with E-state index in [2.05, 4.69) is 25.9 Å². The highest BCUT2D eigenvalue weighted by Crippen LogP contribution is 2.34. The standard InChI is InChI=1S/C24H22ClFN8O4/c1-4-19(23(37)29-14-6-7-15(18(26)10-14)22(36)27-2)34-21(35)11-17(24(30-34)38-3)16-9-13(25)5-8-20(16)33-12-28-31-32-33/h5-12,19H,4H2,1-3H3,(H,27,36)(H,29,37)/t19-/m0/s1/i2D3,3D3. The molecule has 12 nitrogen and oxygen atoms in total. The molecule has 2 amide bonds. The van der Waals surface area contributed by atoms with E-state index in [9.17, 15) is 18.8 Å². The Kier molecular flexibility index (Phi) is 5.72. The highest BCUT2D eigenvalue weighted by molar-refractivity contribution is 6.31. The summed E-state index contributed by atoms with van der Waals surface area (Å²) in [4.78, 5) is 38.6. The zero-order valence-corrected chi connectivity index (χ0v) is 20.2. The molecule has 0 fully saturated rings. The normalized spacial score (nSPS) is 14.6. The van der Waals surface area contributed by atoms with Crippen LogP contribution in [0, 0.1) is 5.82 Å². The van der Waals surface area contributed by atoms with Gasteiger partial charge in [0.15, 0.2) is 0 Å². The first kappa shape index (κ1) is 19.5. The molecule has 4 aromatic rings. The topological polar surface area (TPSA) is 146 Å². The van der Waals surface area contributed by atoms with E-state index in [4.69, 9.17) is 24.6 Å². The number of carbonyl (C=O) groups excluding carboxylic acids is 2. The van der Waals surface area contributed by atoms with E-state index >= 15 is 0 Å². The van der Waals surface area contributed by atoms with E-state index < -0.39 is 54.7 Å². The van der Waals surface area contributed by atoms with Gasteiger partial charge in [-0.25, -0.2) is 9.07 Å². The first-order valence-corrected chi connectivity index (χ1v) is 11.2. The van der Waals surface area contributed by atoms with Crippen molar-refractivity contribution < 1.29 is 26.9 Å². The SMILES string of the molecule is [2H]C([2H])([2H])NC(=O)c1ccc(NC(=O)[C@H](CC)n2nc(OC([2H])([2H])[2H])c(-c3cc(Cl)ccc3-n3cnnn3)cc2=O)cc1F. The van der Waals surface area contributed by atoms with Crippen molar-refractivity contribution in [1.82, 2.24) is 35.3 Å². The van der Waals surface area contributed by atoms with Crippen molar-refractivity contribution in [1.29, 1.82) is 0 Å². The van der Waals surface area contributed by atoms with Crippen molar-refractivity contribution >= 4 is 29.1 Å². The zero-order valence-electron chi connectivity index (χ0n) is 25.5. The summed E-state index contributed by atoms with van der Waals surface area (Å²) < 4.78 is 65.9. The summed E-state index contributed by atoms with van der Waals surface area (Å²) >= 11 is 6.20. The number of nitrogens with one attached hydrogen (secondary N) is 2. The van der Waals surface area contributed by atoms with Gasteiger partial charge in [0.1, 0.15) is 18.2 Å². The minimum absolute atomic E-state index is 0.0279. The van der Waals surface area contributed by atoms with Crippen LogP contribution >= 0.6 is 11.6 Å². The van der Waals surface area contributed by atoms with Crippen molar-refractivity contribution in [2.45, 2.75) is 19.4 Å². The van der Waals surface area contributed by atoms with Crippen LogP contribution < -0.4 is 20.9 Å². The van der Waals surface area contributed by atoms with Gasteiger partial charge in [-0.15, -0.1) is 10.2 Å². The fourth-order valence-electron chi connectivity index (χ4n) is 3.68. The number of benzene rings is 2. The predicted octanol–water partition coefficient (Wildman–Crippen LogP) is 2.64. The van der Waals surface area contributed by atoms with Crippen LogP contribution in [0.25, 0.3) is 16.8 Å². The summed E-state index contributed by atoms with van der Waals surface area (Å²) in [5.41, 5.74) is -1.12. The van der Waals surface area contributed by atoms with Gasteiger partial charge in [0, 0.05) is 33.4 Å². The maximum absolute atomic E-state index is 14.6. The fraction of sp³-hybridized carbons (Fsp3) is 0.208. The van der Waals surface area contributed by atoms with Crippen LogP contribution in [0.2, 0.25) is 5.02 Å². The molecule has 196 valence electrons. The van der Waals surface area contributed by atoms with Gasteiger partial charge in [-0.2, -0.15) is 4.68 Å². The number of hydrogen-bond donors (Lipinski definition) is 2. The molecule has 0 aliphatic carbocycles. The molecule has 2 heterocycles. The molecule has 1 atom stereocenters. The Morgan fingerprint density at radius 2 is 2.05 bits per heavy atom. The van der Waals surface area contributed by atoms with Crippen molar-refractivity contribution in [3.8, 4) is 22.7 Å². The third-order valence-corrected chi connectivity index (χ3v) is 5.68. The number of anilines is 1. The Hall–Kier alpha value is -4.65. The summed E-state index contributed by atoms with van der Waals surface area (Å²) in [5.74, 6) is -3.69. The summed E-state index contributed by atoms with van der Waals surface area (Å²) in [6, 6.07) is 7.07. The summed E-state index contributed by atoms with van der Waals surface area (Å²) in [6.45, 7) is -1.29. The van der Waals surface area contributed by atoms with Crippen LogP contribution in [-0.4, -0.2) is 55.8 Å². The number of amides is 2. The molecular weight excluding hydrogens is 519 g/mol. The third kappa shape index (κ3) is 5.22. The van der Waals surface area contributed by atoms with Crippen LogP contribution in [-0.2, 0) is 4.79 Å². The lowest BCUT2D eigenvalue weighted by Gasteiger charge is -2.19. The number of hydrogen-bond acceptors (Lipinski definition) is 8. The van der Waals surface area contributed by atoms with Crippen LogP contribution in [0.5, 0.6) is 5.88 Å². The first-order chi connectivity index (χ1) is 20.6. The largest absolute Gasteiger partial charge is 0.480 e. The molecule has 0 saturated heterocycles. The molecule has 0 spiro atoms. The highest BCUT2D eigenvalue weighted by Gasteiger charge is 2.25. The van der Waals surface area contributed by atoms with Gasteiger partial charge < -0.3 is 15.4 Å². The van der Waals surface area contributed by atoms with Gasteiger partial charge in [-0.05, 0) is 53.2 Å². The van der Waals surface area contributed by atoms with Gasteiger partial charge in [0.2, 0.25) is 11.8 Å². The molecule has 0 saturated carbocycles. The number of ether oxygens (including phenoxy) is 1. The molecular formula is C24H22ClFN8O4. The minimum atomic E-state index is -3.02. The Labute approximate surface area is 228 Å². The quantitative estimate of drug-likeness (QED) is 0.343. The van der Waals surface area contributed by atoms with Crippen LogP contribution in [0.1, 0.15) is 38.0 Å². The Balaban J connectivity index is 1.72. The number of rotatable bonds is 8. The molecule has 0 bridgehead atoms. The van der Waals surface area contributed by atoms with Gasteiger partial charge >= 0.3 is 0 Å². The van der Waals surface area contributed by atoms with E-state index in [0.717, 1.165) is 28.9 Å². The molecule has 0 aliphatic rings. The Morgan fingerprint density at radius 1 is 1.21 bits per heavy atom. The molecule has 14 heteroatoms. The predicted molar refractivity (Wildman–Crippen MR) is 136 cm³/mol.